The van der Waals surface area contributed by atoms with Crippen LogP contribution in [0.1, 0.15) is 23.5 Å². The van der Waals surface area contributed by atoms with Gasteiger partial charge in [0.1, 0.15) is 5.02 Å². The van der Waals surface area contributed by atoms with Crippen molar-refractivity contribution in [3.05, 3.63) is 52.7 Å². The van der Waals surface area contributed by atoms with E-state index in [1.807, 2.05) is 30.3 Å². The topological polar surface area (TPSA) is 62.7 Å². The molecule has 2 aromatic rings. The molecular formula is C17H17ClN2O3. The predicted octanol–water partition coefficient (Wildman–Crippen LogP) is 3.32. The SMILES string of the molecule is COc1ncc(CN2CCC(C(=O)O)c3ccccc32)cc1Cl. The second-order valence-corrected chi connectivity index (χ2v) is 5.90. The second-order valence-electron chi connectivity index (χ2n) is 5.49. The Bertz CT molecular complexity index is 736. The number of nitrogens with zero attached hydrogens (tertiary/aromatic N) is 2. The van der Waals surface area contributed by atoms with Gasteiger partial charge in [0.2, 0.25) is 5.88 Å². The molecule has 120 valence electrons. The van der Waals surface area contributed by atoms with Gasteiger partial charge in [0.05, 0.1) is 13.0 Å². The highest BCUT2D eigenvalue weighted by Crippen LogP contribution is 2.36. The first-order valence-electron chi connectivity index (χ1n) is 7.35. The molecule has 0 spiro atoms. The van der Waals surface area contributed by atoms with Gasteiger partial charge in [-0.2, -0.15) is 0 Å². The number of aromatic nitrogens is 1. The van der Waals surface area contributed by atoms with Crippen molar-refractivity contribution >= 4 is 23.3 Å². The van der Waals surface area contributed by atoms with Crippen molar-refractivity contribution in [1.29, 1.82) is 0 Å². The molecule has 23 heavy (non-hydrogen) atoms. The molecule has 5 nitrogen and oxygen atoms in total. The smallest absolute Gasteiger partial charge is 0.311 e. The molecule has 0 saturated heterocycles. The number of para-hydroxylation sites is 1. The van der Waals surface area contributed by atoms with Crippen LogP contribution in [0.25, 0.3) is 0 Å². The summed E-state index contributed by atoms with van der Waals surface area (Å²) >= 11 is 6.13. The van der Waals surface area contributed by atoms with Crippen LogP contribution >= 0.6 is 11.6 Å². The quantitative estimate of drug-likeness (QED) is 0.930. The van der Waals surface area contributed by atoms with Crippen LogP contribution in [-0.2, 0) is 11.3 Å². The summed E-state index contributed by atoms with van der Waals surface area (Å²) in [7, 11) is 1.53. The standard InChI is InChI=1S/C17H17ClN2O3/c1-23-16-14(18)8-11(9-19-16)10-20-7-6-13(17(21)22)12-4-2-3-5-15(12)20/h2-5,8-9,13H,6-7,10H2,1H3,(H,21,22). The molecule has 1 aromatic heterocycles. The summed E-state index contributed by atoms with van der Waals surface area (Å²) < 4.78 is 5.06. The number of methoxy groups -OCH3 is 1. The van der Waals surface area contributed by atoms with Gasteiger partial charge in [0.15, 0.2) is 0 Å². The van der Waals surface area contributed by atoms with Crippen LogP contribution in [-0.4, -0.2) is 29.7 Å². The number of halogens is 1. The van der Waals surface area contributed by atoms with Crippen LogP contribution in [0, 0.1) is 0 Å². The van der Waals surface area contributed by atoms with Gasteiger partial charge in [-0.25, -0.2) is 4.98 Å². The molecule has 1 aliphatic rings. The molecule has 1 aliphatic heterocycles. The van der Waals surface area contributed by atoms with E-state index in [9.17, 15) is 9.90 Å². The molecule has 0 radical (unpaired) electrons. The van der Waals surface area contributed by atoms with E-state index in [2.05, 4.69) is 9.88 Å². The van der Waals surface area contributed by atoms with Crippen molar-refractivity contribution in [2.75, 3.05) is 18.6 Å². The van der Waals surface area contributed by atoms with Gasteiger partial charge in [-0.15, -0.1) is 0 Å². The summed E-state index contributed by atoms with van der Waals surface area (Å²) in [5, 5.41) is 9.87. The Kier molecular flexibility index (Phi) is 4.39. The number of carboxylic acid groups (broad SMARTS) is 1. The van der Waals surface area contributed by atoms with E-state index in [0.29, 0.717) is 30.4 Å². The molecule has 0 saturated carbocycles. The van der Waals surface area contributed by atoms with E-state index in [4.69, 9.17) is 16.3 Å². The van der Waals surface area contributed by atoms with Crippen LogP contribution in [0.15, 0.2) is 36.5 Å². The van der Waals surface area contributed by atoms with Gasteiger partial charge in [0, 0.05) is 25.0 Å². The summed E-state index contributed by atoms with van der Waals surface area (Å²) in [5.74, 6) is -0.813. The van der Waals surface area contributed by atoms with Crippen molar-refractivity contribution in [1.82, 2.24) is 4.98 Å². The fourth-order valence-electron chi connectivity index (χ4n) is 2.97. The minimum Gasteiger partial charge on any atom is -0.481 e. The van der Waals surface area contributed by atoms with Gasteiger partial charge in [-0.1, -0.05) is 29.8 Å². The van der Waals surface area contributed by atoms with Crippen LogP contribution in [0.5, 0.6) is 5.88 Å². The Balaban J connectivity index is 1.88. The number of hydrogen-bond acceptors (Lipinski definition) is 4. The number of anilines is 1. The highest BCUT2D eigenvalue weighted by Gasteiger charge is 2.29. The number of fused-ring (bicyclic) bond motifs is 1. The lowest BCUT2D eigenvalue weighted by molar-refractivity contribution is -0.139. The van der Waals surface area contributed by atoms with Crippen LogP contribution in [0.2, 0.25) is 5.02 Å². The van der Waals surface area contributed by atoms with Crippen molar-refractivity contribution in [2.45, 2.75) is 18.9 Å². The Morgan fingerprint density at radius 1 is 1.48 bits per heavy atom. The van der Waals surface area contributed by atoms with Gasteiger partial charge in [-0.05, 0) is 29.7 Å². The third-order valence-electron chi connectivity index (χ3n) is 4.07. The molecule has 0 bridgehead atoms. The number of aliphatic carboxylic acids is 1. The maximum Gasteiger partial charge on any atom is 0.311 e. The zero-order valence-corrected chi connectivity index (χ0v) is 13.5. The monoisotopic (exact) mass is 332 g/mol. The number of carboxylic acids is 1. The number of rotatable bonds is 4. The predicted molar refractivity (Wildman–Crippen MR) is 88.3 cm³/mol. The van der Waals surface area contributed by atoms with Crippen molar-refractivity contribution in [3.8, 4) is 5.88 Å². The summed E-state index contributed by atoms with van der Waals surface area (Å²) in [6, 6.07) is 9.49. The van der Waals surface area contributed by atoms with E-state index in [1.165, 1.54) is 7.11 Å². The highest BCUT2D eigenvalue weighted by molar-refractivity contribution is 6.31. The number of ether oxygens (including phenoxy) is 1. The zero-order chi connectivity index (χ0) is 16.4. The van der Waals surface area contributed by atoms with Gasteiger partial charge >= 0.3 is 5.97 Å². The summed E-state index contributed by atoms with van der Waals surface area (Å²) in [6.45, 7) is 1.30. The number of pyridine rings is 1. The summed E-state index contributed by atoms with van der Waals surface area (Å²) in [6.07, 6.45) is 2.32. The highest BCUT2D eigenvalue weighted by atomic mass is 35.5. The van der Waals surface area contributed by atoms with Crippen molar-refractivity contribution in [2.24, 2.45) is 0 Å². The molecule has 1 unspecified atom stereocenters. The number of benzene rings is 1. The lowest BCUT2D eigenvalue weighted by Crippen LogP contribution is -2.33. The molecule has 1 N–H and O–H groups in total. The maximum absolute atomic E-state index is 11.4. The molecule has 3 rings (SSSR count). The average molecular weight is 333 g/mol. The normalized spacial score (nSPS) is 16.8. The van der Waals surface area contributed by atoms with Crippen LogP contribution in [0.4, 0.5) is 5.69 Å². The lowest BCUT2D eigenvalue weighted by atomic mass is 9.90. The average Bonchev–Trinajstić information content (AvgIpc) is 2.55. The Hall–Kier alpha value is -2.27. The third kappa shape index (κ3) is 3.10. The number of carbonyl (C=O) groups is 1. The molecule has 6 heteroatoms. The van der Waals surface area contributed by atoms with E-state index < -0.39 is 11.9 Å². The van der Waals surface area contributed by atoms with E-state index >= 15 is 0 Å². The Morgan fingerprint density at radius 2 is 2.26 bits per heavy atom. The molecule has 0 amide bonds. The largest absolute Gasteiger partial charge is 0.481 e. The van der Waals surface area contributed by atoms with E-state index in [-0.39, 0.29) is 0 Å². The second kappa shape index (κ2) is 6.46. The molecule has 2 heterocycles. The zero-order valence-electron chi connectivity index (χ0n) is 12.7. The first-order chi connectivity index (χ1) is 11.1. The van der Waals surface area contributed by atoms with Crippen LogP contribution in [0.3, 0.4) is 0 Å². The molecule has 1 atom stereocenters. The van der Waals surface area contributed by atoms with Crippen LogP contribution < -0.4 is 9.64 Å². The lowest BCUT2D eigenvalue weighted by Gasteiger charge is -2.34. The maximum atomic E-state index is 11.4. The minimum atomic E-state index is -0.772. The van der Waals surface area contributed by atoms with Crippen molar-refractivity contribution < 1.29 is 14.6 Å². The molecular weight excluding hydrogens is 316 g/mol. The molecule has 0 aliphatic carbocycles. The molecule has 1 aromatic carbocycles. The third-order valence-corrected chi connectivity index (χ3v) is 4.34. The number of hydrogen-bond donors (Lipinski definition) is 1. The van der Waals surface area contributed by atoms with Crippen molar-refractivity contribution in [3.63, 3.8) is 0 Å². The summed E-state index contributed by atoms with van der Waals surface area (Å²) in [5.41, 5.74) is 2.77. The fraction of sp³-hybridized carbons (Fsp3) is 0.294. The van der Waals surface area contributed by atoms with Gasteiger partial charge < -0.3 is 14.7 Å². The first kappa shape index (κ1) is 15.6. The van der Waals surface area contributed by atoms with E-state index in [0.717, 1.165) is 16.8 Å². The Labute approximate surface area is 139 Å². The van der Waals surface area contributed by atoms with Gasteiger partial charge in [0.25, 0.3) is 0 Å². The fourth-order valence-corrected chi connectivity index (χ4v) is 3.24. The first-order valence-corrected chi connectivity index (χ1v) is 7.73. The Morgan fingerprint density at radius 3 is 2.96 bits per heavy atom. The van der Waals surface area contributed by atoms with Gasteiger partial charge in [-0.3, -0.25) is 4.79 Å². The van der Waals surface area contributed by atoms with E-state index in [1.54, 1.807) is 6.20 Å². The summed E-state index contributed by atoms with van der Waals surface area (Å²) in [4.78, 5) is 17.8. The minimum absolute atomic E-state index is 0.403. The molecule has 0 fully saturated rings.